The van der Waals surface area contributed by atoms with Gasteiger partial charge in [-0.25, -0.2) is 0 Å². The largest absolute Gasteiger partial charge is 0.390 e. The summed E-state index contributed by atoms with van der Waals surface area (Å²) < 4.78 is 1.57. The van der Waals surface area contributed by atoms with Crippen molar-refractivity contribution in [1.82, 2.24) is 9.55 Å². The highest BCUT2D eigenvalue weighted by atomic mass is 32.1. The van der Waals surface area contributed by atoms with Gasteiger partial charge in [0.25, 0.3) is 5.56 Å². The van der Waals surface area contributed by atoms with Crippen molar-refractivity contribution in [3.63, 3.8) is 0 Å². The van der Waals surface area contributed by atoms with Crippen molar-refractivity contribution in [3.8, 4) is 5.69 Å². The van der Waals surface area contributed by atoms with E-state index in [0.29, 0.717) is 26.5 Å². The zero-order valence-corrected chi connectivity index (χ0v) is 13.9. The molecule has 0 atom stereocenters. The van der Waals surface area contributed by atoms with Gasteiger partial charge in [0.1, 0.15) is 10.5 Å². The topological polar surface area (TPSA) is 78.0 Å². The van der Waals surface area contributed by atoms with Gasteiger partial charge in [-0.1, -0.05) is 35.6 Å². The van der Waals surface area contributed by atoms with Crippen molar-refractivity contribution in [2.24, 2.45) is 0 Å². The lowest BCUT2D eigenvalue weighted by molar-refractivity contribution is 0.103. The van der Waals surface area contributed by atoms with Gasteiger partial charge in [-0.05, 0) is 30.3 Å². The molecule has 0 saturated heterocycles. The molecule has 5 nitrogen and oxygen atoms in total. The summed E-state index contributed by atoms with van der Waals surface area (Å²) in [5.74, 6) is -0.248. The first-order chi connectivity index (χ1) is 12.2. The van der Waals surface area contributed by atoms with E-state index in [1.807, 2.05) is 30.3 Å². The van der Waals surface area contributed by atoms with E-state index in [4.69, 9.17) is 5.73 Å². The molecule has 0 amide bonds. The molecule has 1 aromatic carbocycles. The number of hydrogen-bond acceptors (Lipinski definition) is 5. The minimum absolute atomic E-state index is 0.170. The molecule has 0 aliphatic rings. The van der Waals surface area contributed by atoms with Crippen LogP contribution in [0.1, 0.15) is 16.1 Å². The maximum Gasteiger partial charge on any atom is 0.256 e. The van der Waals surface area contributed by atoms with Crippen LogP contribution in [0.2, 0.25) is 0 Å². The van der Waals surface area contributed by atoms with Gasteiger partial charge in [-0.3, -0.25) is 19.1 Å². The van der Waals surface area contributed by atoms with Crippen molar-refractivity contribution < 1.29 is 4.79 Å². The molecule has 0 spiro atoms. The van der Waals surface area contributed by atoms with Gasteiger partial charge in [0, 0.05) is 17.6 Å². The Kier molecular flexibility index (Phi) is 3.66. The van der Waals surface area contributed by atoms with Crippen LogP contribution in [0.25, 0.3) is 15.9 Å². The average Bonchev–Trinajstić information content (AvgIpc) is 2.98. The third-order valence-electron chi connectivity index (χ3n) is 3.91. The number of carbonyl (C=O) groups is 1. The highest BCUT2D eigenvalue weighted by molar-refractivity contribution is 7.22. The Morgan fingerprint density at radius 1 is 1.00 bits per heavy atom. The Bertz CT molecular complexity index is 1130. The minimum atomic E-state index is -0.248. The molecular weight excluding hydrogens is 334 g/mol. The fraction of sp³-hybridized carbons (Fsp3) is 0. The van der Waals surface area contributed by atoms with E-state index >= 15 is 0 Å². The number of nitrogen functional groups attached to an aromatic ring is 1. The molecule has 0 unspecified atom stereocenters. The van der Waals surface area contributed by atoms with E-state index < -0.39 is 0 Å². The van der Waals surface area contributed by atoms with Crippen LogP contribution in [0.15, 0.2) is 71.7 Å². The van der Waals surface area contributed by atoms with Gasteiger partial charge in [0.15, 0.2) is 0 Å². The number of fused-ring (bicyclic) bond motifs is 1. The molecule has 0 bridgehead atoms. The quantitative estimate of drug-likeness (QED) is 0.577. The van der Waals surface area contributed by atoms with E-state index in [0.717, 1.165) is 5.69 Å². The predicted octanol–water partition coefficient (Wildman–Crippen LogP) is 3.26. The van der Waals surface area contributed by atoms with Crippen molar-refractivity contribution in [2.75, 3.05) is 5.73 Å². The molecule has 0 radical (unpaired) electrons. The molecule has 0 aliphatic carbocycles. The van der Waals surface area contributed by atoms with Crippen LogP contribution in [0.4, 0.5) is 5.00 Å². The summed E-state index contributed by atoms with van der Waals surface area (Å²) in [4.78, 5) is 30.0. The fourth-order valence-electron chi connectivity index (χ4n) is 2.78. The summed E-state index contributed by atoms with van der Waals surface area (Å²) >= 11 is 1.23. The van der Waals surface area contributed by atoms with Crippen molar-refractivity contribution in [2.45, 2.75) is 0 Å². The first-order valence-corrected chi connectivity index (χ1v) is 8.43. The van der Waals surface area contributed by atoms with E-state index in [2.05, 4.69) is 4.98 Å². The average molecular weight is 347 g/mol. The normalized spacial score (nSPS) is 10.9. The van der Waals surface area contributed by atoms with Crippen LogP contribution in [0.3, 0.4) is 0 Å². The summed E-state index contributed by atoms with van der Waals surface area (Å²) in [6, 6.07) is 17.6. The molecule has 4 aromatic rings. The zero-order chi connectivity index (χ0) is 17.4. The number of ketones is 1. The van der Waals surface area contributed by atoms with Crippen LogP contribution in [-0.2, 0) is 0 Å². The molecule has 0 aliphatic heterocycles. The minimum Gasteiger partial charge on any atom is -0.390 e. The van der Waals surface area contributed by atoms with E-state index in [1.54, 1.807) is 35.0 Å². The first-order valence-electron chi connectivity index (χ1n) is 7.62. The monoisotopic (exact) mass is 347 g/mol. The SMILES string of the molecule is Nc1sc2c(ccc(=O)n2-c2ccccc2)c1C(=O)c1ccccn1. The number of para-hydroxylation sites is 1. The standard InChI is InChI=1S/C19H13N3O2S/c20-18-16(17(24)14-8-4-5-11-21-14)13-9-10-15(23)22(19(13)25-18)12-6-2-1-3-7-12/h1-11H,20H2. The van der Waals surface area contributed by atoms with Crippen LogP contribution in [-0.4, -0.2) is 15.3 Å². The second-order valence-corrected chi connectivity index (χ2v) is 6.48. The first kappa shape index (κ1) is 15.3. The Hall–Kier alpha value is -3.25. The van der Waals surface area contributed by atoms with Crippen LogP contribution < -0.4 is 11.3 Å². The molecule has 0 fully saturated rings. The molecule has 4 rings (SSSR count). The summed E-state index contributed by atoms with van der Waals surface area (Å²) in [7, 11) is 0. The Labute approximate surface area is 147 Å². The molecule has 3 heterocycles. The lowest BCUT2D eigenvalue weighted by Gasteiger charge is -2.07. The lowest BCUT2D eigenvalue weighted by Crippen LogP contribution is -2.16. The van der Waals surface area contributed by atoms with E-state index in [-0.39, 0.29) is 11.3 Å². The van der Waals surface area contributed by atoms with Crippen molar-refractivity contribution in [1.29, 1.82) is 0 Å². The second-order valence-electron chi connectivity index (χ2n) is 5.45. The van der Waals surface area contributed by atoms with Gasteiger partial charge in [-0.15, -0.1) is 0 Å². The van der Waals surface area contributed by atoms with Crippen molar-refractivity contribution in [3.05, 3.63) is 88.5 Å². The molecule has 2 N–H and O–H groups in total. The lowest BCUT2D eigenvalue weighted by atomic mass is 10.1. The van der Waals surface area contributed by atoms with Crippen LogP contribution >= 0.6 is 11.3 Å². The number of pyridine rings is 2. The maximum atomic E-state index is 12.9. The summed E-state index contributed by atoms with van der Waals surface area (Å²) in [5, 5.41) is 1.03. The Morgan fingerprint density at radius 3 is 2.48 bits per heavy atom. The fourth-order valence-corrected chi connectivity index (χ4v) is 3.86. The number of aromatic nitrogens is 2. The van der Waals surface area contributed by atoms with Gasteiger partial charge in [0.2, 0.25) is 5.78 Å². The molecular formula is C19H13N3O2S. The van der Waals surface area contributed by atoms with Gasteiger partial charge in [0.05, 0.1) is 16.3 Å². The summed E-state index contributed by atoms with van der Waals surface area (Å²) in [5.41, 5.74) is 7.42. The summed E-state index contributed by atoms with van der Waals surface area (Å²) in [6.45, 7) is 0. The predicted molar refractivity (Wildman–Crippen MR) is 99.5 cm³/mol. The van der Waals surface area contributed by atoms with Crippen molar-refractivity contribution >= 4 is 32.3 Å². The molecule has 25 heavy (non-hydrogen) atoms. The molecule has 6 heteroatoms. The van der Waals surface area contributed by atoms with Gasteiger partial charge < -0.3 is 5.73 Å². The summed E-state index contributed by atoms with van der Waals surface area (Å²) in [6.07, 6.45) is 1.57. The number of benzene rings is 1. The van der Waals surface area contributed by atoms with Gasteiger partial charge in [-0.2, -0.15) is 0 Å². The highest BCUT2D eigenvalue weighted by Gasteiger charge is 2.22. The maximum absolute atomic E-state index is 12.9. The third-order valence-corrected chi connectivity index (χ3v) is 4.93. The van der Waals surface area contributed by atoms with Gasteiger partial charge >= 0.3 is 0 Å². The number of thiophene rings is 1. The molecule has 3 aromatic heterocycles. The van der Waals surface area contributed by atoms with E-state index in [1.165, 1.54) is 17.4 Å². The smallest absolute Gasteiger partial charge is 0.256 e. The number of carbonyl (C=O) groups excluding carboxylic acids is 1. The van der Waals surface area contributed by atoms with E-state index in [9.17, 15) is 9.59 Å². The third kappa shape index (κ3) is 2.53. The number of hydrogen-bond donors (Lipinski definition) is 1. The van der Waals surface area contributed by atoms with Crippen LogP contribution in [0, 0.1) is 0 Å². The number of rotatable bonds is 3. The highest BCUT2D eigenvalue weighted by Crippen LogP contribution is 2.35. The Morgan fingerprint density at radius 2 is 1.76 bits per heavy atom. The number of nitrogens with two attached hydrogens (primary N) is 1. The number of anilines is 1. The number of nitrogens with zero attached hydrogens (tertiary/aromatic N) is 2. The zero-order valence-electron chi connectivity index (χ0n) is 13.0. The second kappa shape index (κ2) is 5.99. The van der Waals surface area contributed by atoms with Crippen LogP contribution in [0.5, 0.6) is 0 Å². The Balaban J connectivity index is 1.99. The molecule has 122 valence electrons. The molecule has 0 saturated carbocycles.